The van der Waals surface area contributed by atoms with E-state index in [4.69, 9.17) is 16.3 Å². The third-order valence-electron chi connectivity index (χ3n) is 5.56. The number of esters is 1. The number of methoxy groups -OCH3 is 1. The van der Waals surface area contributed by atoms with Crippen LogP contribution < -0.4 is 0 Å². The molecule has 0 bridgehead atoms. The lowest BCUT2D eigenvalue weighted by Gasteiger charge is -2.33. The topological polar surface area (TPSA) is 127 Å². The molecule has 0 spiro atoms. The van der Waals surface area contributed by atoms with Crippen LogP contribution in [-0.2, 0) is 24.3 Å². The normalized spacial score (nSPS) is 20.9. The average molecular weight is 460 g/mol. The number of carbonyl (C=O) groups excluding carboxylic acids is 2. The van der Waals surface area contributed by atoms with E-state index in [1.165, 1.54) is 22.4 Å². The molecule has 2 heterocycles. The van der Waals surface area contributed by atoms with E-state index in [0.717, 1.165) is 12.1 Å². The zero-order chi connectivity index (χ0) is 22.1. The minimum atomic E-state index is -4.05. The Balaban J connectivity index is 1.71. The number of non-ortho nitro benzene ring substituents is 1. The van der Waals surface area contributed by atoms with Gasteiger partial charge in [-0.1, -0.05) is 11.6 Å². The van der Waals surface area contributed by atoms with Crippen LogP contribution in [0.15, 0.2) is 23.1 Å². The van der Waals surface area contributed by atoms with Crippen molar-refractivity contribution < 1.29 is 27.7 Å². The summed E-state index contributed by atoms with van der Waals surface area (Å²) in [6.07, 6.45) is 1.84. The first-order chi connectivity index (χ1) is 14.2. The van der Waals surface area contributed by atoms with Crippen LogP contribution in [0.3, 0.4) is 0 Å². The highest BCUT2D eigenvalue weighted by Crippen LogP contribution is 2.32. The van der Waals surface area contributed by atoms with Gasteiger partial charge in [0.1, 0.15) is 10.9 Å². The summed E-state index contributed by atoms with van der Waals surface area (Å²) in [4.78, 5) is 36.3. The molecule has 1 amide bonds. The van der Waals surface area contributed by atoms with Crippen molar-refractivity contribution in [1.82, 2.24) is 9.21 Å². The minimum absolute atomic E-state index is 0.0779. The van der Waals surface area contributed by atoms with Crippen molar-refractivity contribution in [3.8, 4) is 0 Å². The number of hydrogen-bond donors (Lipinski definition) is 0. The van der Waals surface area contributed by atoms with Gasteiger partial charge in [-0.25, -0.2) is 13.2 Å². The molecule has 0 N–H and O–H groups in total. The molecule has 30 heavy (non-hydrogen) atoms. The molecule has 12 heteroatoms. The molecule has 1 atom stereocenters. The Morgan fingerprint density at radius 1 is 1.20 bits per heavy atom. The van der Waals surface area contributed by atoms with Crippen molar-refractivity contribution in [1.29, 1.82) is 0 Å². The van der Waals surface area contributed by atoms with Gasteiger partial charge in [0.05, 0.1) is 17.1 Å². The van der Waals surface area contributed by atoms with Crippen molar-refractivity contribution in [2.45, 2.75) is 36.6 Å². The minimum Gasteiger partial charge on any atom is -0.467 e. The van der Waals surface area contributed by atoms with Gasteiger partial charge < -0.3 is 9.64 Å². The fraction of sp³-hybridized carbons (Fsp3) is 0.556. The molecule has 1 aromatic rings. The summed E-state index contributed by atoms with van der Waals surface area (Å²) in [5.41, 5.74) is -0.370. The molecule has 2 saturated heterocycles. The Hall–Kier alpha value is -2.24. The van der Waals surface area contributed by atoms with Crippen LogP contribution in [-0.4, -0.2) is 67.2 Å². The predicted molar refractivity (Wildman–Crippen MR) is 106 cm³/mol. The van der Waals surface area contributed by atoms with Crippen molar-refractivity contribution in [2.75, 3.05) is 26.7 Å². The molecule has 0 saturated carbocycles. The van der Waals surface area contributed by atoms with Gasteiger partial charge in [-0.3, -0.25) is 14.9 Å². The zero-order valence-electron chi connectivity index (χ0n) is 16.3. The summed E-state index contributed by atoms with van der Waals surface area (Å²) in [6, 6.07) is 2.68. The predicted octanol–water partition coefficient (Wildman–Crippen LogP) is 1.81. The molecule has 2 fully saturated rings. The van der Waals surface area contributed by atoms with Crippen LogP contribution in [0.25, 0.3) is 0 Å². The lowest BCUT2D eigenvalue weighted by atomic mass is 9.96. The monoisotopic (exact) mass is 459 g/mol. The van der Waals surface area contributed by atoms with Gasteiger partial charge in [0.15, 0.2) is 0 Å². The summed E-state index contributed by atoms with van der Waals surface area (Å²) in [5, 5.41) is 10.9. The number of rotatable bonds is 5. The Bertz CT molecular complexity index is 961. The summed E-state index contributed by atoms with van der Waals surface area (Å²) >= 11 is 6.00. The molecule has 10 nitrogen and oxygen atoms in total. The molecule has 2 aliphatic rings. The van der Waals surface area contributed by atoms with Crippen molar-refractivity contribution in [3.05, 3.63) is 33.3 Å². The van der Waals surface area contributed by atoms with Crippen molar-refractivity contribution in [2.24, 2.45) is 5.92 Å². The fourth-order valence-electron chi connectivity index (χ4n) is 3.93. The molecule has 2 aliphatic heterocycles. The molecule has 0 unspecified atom stereocenters. The van der Waals surface area contributed by atoms with Gasteiger partial charge in [0, 0.05) is 37.7 Å². The number of likely N-dealkylation sites (tertiary alicyclic amines) is 1. The first-order valence-corrected chi connectivity index (χ1v) is 11.3. The van der Waals surface area contributed by atoms with E-state index in [-0.39, 0.29) is 47.4 Å². The van der Waals surface area contributed by atoms with Crippen LogP contribution in [0.4, 0.5) is 5.69 Å². The smallest absolute Gasteiger partial charge is 0.328 e. The second-order valence-corrected chi connectivity index (χ2v) is 9.58. The summed E-state index contributed by atoms with van der Waals surface area (Å²) in [5.74, 6) is -1.02. The molecule has 0 aliphatic carbocycles. The van der Waals surface area contributed by atoms with Crippen LogP contribution in [0.2, 0.25) is 5.02 Å². The van der Waals surface area contributed by atoms with E-state index >= 15 is 0 Å². The number of nitro benzene ring substituents is 1. The maximum atomic E-state index is 13.0. The van der Waals surface area contributed by atoms with Crippen LogP contribution >= 0.6 is 11.6 Å². The molecule has 1 aromatic carbocycles. The van der Waals surface area contributed by atoms with E-state index in [1.54, 1.807) is 0 Å². The number of carbonyl (C=O) groups is 2. The SMILES string of the molecule is COC(=O)[C@@H]1CCCN1C(=O)C1CCN(S(=O)(=O)c2cc([N+](=O)[O-])ccc2Cl)CC1. The highest BCUT2D eigenvalue weighted by molar-refractivity contribution is 7.89. The van der Waals surface area contributed by atoms with Crippen LogP contribution in [0.1, 0.15) is 25.7 Å². The third-order valence-corrected chi connectivity index (χ3v) is 7.94. The van der Waals surface area contributed by atoms with Gasteiger partial charge in [0.2, 0.25) is 15.9 Å². The molecule has 0 aromatic heterocycles. The van der Waals surface area contributed by atoms with Gasteiger partial charge in [-0.05, 0) is 31.7 Å². The maximum Gasteiger partial charge on any atom is 0.328 e. The first kappa shape index (κ1) is 22.4. The quantitative estimate of drug-likeness (QED) is 0.373. The lowest BCUT2D eigenvalue weighted by molar-refractivity contribution is -0.385. The maximum absolute atomic E-state index is 13.0. The summed E-state index contributed by atoms with van der Waals surface area (Å²) in [7, 11) is -2.76. The number of hydrogen-bond acceptors (Lipinski definition) is 7. The van der Waals surface area contributed by atoms with Gasteiger partial charge in [-0.2, -0.15) is 4.31 Å². The lowest BCUT2D eigenvalue weighted by Crippen LogP contribution is -2.47. The Kier molecular flexibility index (Phi) is 6.63. The van der Waals surface area contributed by atoms with Crippen LogP contribution in [0.5, 0.6) is 0 Å². The van der Waals surface area contributed by atoms with Gasteiger partial charge in [-0.15, -0.1) is 0 Å². The Labute approximate surface area is 178 Å². The second kappa shape index (κ2) is 8.86. The molecular formula is C18H22ClN3O7S. The van der Waals surface area contributed by atoms with Crippen molar-refractivity contribution >= 4 is 39.2 Å². The summed E-state index contributed by atoms with van der Waals surface area (Å²) in [6.45, 7) is 0.628. The number of sulfonamides is 1. The van der Waals surface area contributed by atoms with Crippen molar-refractivity contribution in [3.63, 3.8) is 0 Å². The van der Waals surface area contributed by atoms with Gasteiger partial charge >= 0.3 is 5.97 Å². The van der Waals surface area contributed by atoms with E-state index in [9.17, 15) is 28.1 Å². The van der Waals surface area contributed by atoms with E-state index in [0.29, 0.717) is 19.4 Å². The first-order valence-electron chi connectivity index (χ1n) is 9.49. The number of benzene rings is 1. The number of piperidine rings is 1. The van der Waals surface area contributed by atoms with Crippen LogP contribution in [0, 0.1) is 16.0 Å². The Morgan fingerprint density at radius 2 is 1.87 bits per heavy atom. The Morgan fingerprint density at radius 3 is 2.47 bits per heavy atom. The van der Waals surface area contributed by atoms with Gasteiger partial charge in [0.25, 0.3) is 5.69 Å². The van der Waals surface area contributed by atoms with E-state index in [2.05, 4.69) is 0 Å². The van der Waals surface area contributed by atoms with E-state index in [1.807, 2.05) is 0 Å². The molecule has 3 rings (SSSR count). The zero-order valence-corrected chi connectivity index (χ0v) is 17.9. The molecular weight excluding hydrogens is 438 g/mol. The standard InChI is InChI=1S/C18H22ClN3O7S/c1-29-18(24)15-3-2-8-21(15)17(23)12-6-9-20(10-7-12)30(27,28)16-11-13(22(25)26)4-5-14(16)19/h4-5,11-12,15H,2-3,6-10H2,1H3/t15-/m0/s1. The average Bonchev–Trinajstić information content (AvgIpc) is 3.22. The second-order valence-electron chi connectivity index (χ2n) is 7.26. The fourth-order valence-corrected chi connectivity index (χ4v) is 5.90. The number of nitrogens with zero attached hydrogens (tertiary/aromatic N) is 3. The molecule has 164 valence electrons. The molecule has 0 radical (unpaired) electrons. The number of halogens is 1. The largest absolute Gasteiger partial charge is 0.467 e. The summed E-state index contributed by atoms with van der Waals surface area (Å²) < 4.78 is 31.9. The number of nitro groups is 1. The highest BCUT2D eigenvalue weighted by Gasteiger charge is 2.40. The third kappa shape index (κ3) is 4.28. The van der Waals surface area contributed by atoms with E-state index < -0.39 is 32.9 Å². The highest BCUT2D eigenvalue weighted by atomic mass is 35.5. The number of amides is 1. The number of ether oxygens (including phenoxy) is 1.